The van der Waals surface area contributed by atoms with E-state index in [0.717, 1.165) is 42.9 Å². The molecule has 0 unspecified atom stereocenters. The summed E-state index contributed by atoms with van der Waals surface area (Å²) in [4.78, 5) is 37.3. The third-order valence-corrected chi connectivity index (χ3v) is 5.12. The number of carbonyl (C=O) groups excluding carboxylic acids is 2. The van der Waals surface area contributed by atoms with E-state index < -0.39 is 0 Å². The molecule has 26 heavy (non-hydrogen) atoms. The van der Waals surface area contributed by atoms with Gasteiger partial charge in [0.05, 0.1) is 36.4 Å². The van der Waals surface area contributed by atoms with Gasteiger partial charge in [-0.05, 0) is 31.4 Å². The molecule has 4 rings (SSSR count). The highest BCUT2D eigenvalue weighted by Crippen LogP contribution is 2.21. The molecule has 0 bridgehead atoms. The molecule has 136 valence electrons. The first-order chi connectivity index (χ1) is 12.6. The van der Waals surface area contributed by atoms with Crippen molar-refractivity contribution in [1.29, 1.82) is 0 Å². The quantitative estimate of drug-likeness (QED) is 0.843. The molecular formula is C19H23N5O2. The Morgan fingerprint density at radius 2 is 2.08 bits per heavy atom. The fourth-order valence-corrected chi connectivity index (χ4v) is 3.73. The first-order valence-corrected chi connectivity index (χ1v) is 9.13. The Labute approximate surface area is 152 Å². The summed E-state index contributed by atoms with van der Waals surface area (Å²) < 4.78 is 2.12. The molecule has 2 aliphatic heterocycles. The molecule has 7 heteroatoms. The van der Waals surface area contributed by atoms with Gasteiger partial charge in [-0.15, -0.1) is 0 Å². The third-order valence-electron chi connectivity index (χ3n) is 5.12. The Bertz CT molecular complexity index is 844. The molecule has 2 aliphatic rings. The van der Waals surface area contributed by atoms with E-state index in [9.17, 15) is 9.59 Å². The second-order valence-electron chi connectivity index (χ2n) is 7.08. The summed E-state index contributed by atoms with van der Waals surface area (Å²) in [5.41, 5.74) is 3.54. The van der Waals surface area contributed by atoms with Crippen LogP contribution in [0, 0.1) is 6.92 Å². The fraction of sp³-hybridized carbons (Fsp3) is 0.474. The summed E-state index contributed by atoms with van der Waals surface area (Å²) in [6.07, 6.45) is 7.64. The second-order valence-corrected chi connectivity index (χ2v) is 7.08. The maximum Gasteiger partial charge on any atom is 0.255 e. The summed E-state index contributed by atoms with van der Waals surface area (Å²) in [6, 6.07) is 1.88. The van der Waals surface area contributed by atoms with Crippen LogP contribution in [0.1, 0.15) is 46.6 Å². The molecular weight excluding hydrogens is 330 g/mol. The molecule has 1 fully saturated rings. The van der Waals surface area contributed by atoms with Gasteiger partial charge in [0, 0.05) is 38.4 Å². The molecule has 0 aliphatic carbocycles. The van der Waals surface area contributed by atoms with Gasteiger partial charge in [-0.1, -0.05) is 0 Å². The van der Waals surface area contributed by atoms with Crippen LogP contribution in [0.15, 0.2) is 24.8 Å². The lowest BCUT2D eigenvalue weighted by molar-refractivity contribution is -0.128. The van der Waals surface area contributed by atoms with Gasteiger partial charge in [-0.3, -0.25) is 14.6 Å². The number of pyridine rings is 1. The highest BCUT2D eigenvalue weighted by atomic mass is 16.2. The summed E-state index contributed by atoms with van der Waals surface area (Å²) in [5, 5.41) is 0. The summed E-state index contributed by atoms with van der Waals surface area (Å²) in [7, 11) is 0. The van der Waals surface area contributed by atoms with Crippen molar-refractivity contribution < 1.29 is 9.59 Å². The Kier molecular flexibility index (Phi) is 4.44. The van der Waals surface area contributed by atoms with E-state index in [1.54, 1.807) is 12.4 Å². The van der Waals surface area contributed by atoms with Gasteiger partial charge in [0.15, 0.2) is 0 Å². The molecule has 2 amide bonds. The van der Waals surface area contributed by atoms with Crippen molar-refractivity contribution in [3.8, 4) is 0 Å². The van der Waals surface area contributed by atoms with E-state index in [-0.39, 0.29) is 11.8 Å². The Hall–Kier alpha value is -2.70. The number of rotatable bonds is 3. The summed E-state index contributed by atoms with van der Waals surface area (Å²) in [6.45, 7) is 5.33. The zero-order valence-electron chi connectivity index (χ0n) is 15.0. The van der Waals surface area contributed by atoms with Crippen molar-refractivity contribution in [3.05, 3.63) is 47.3 Å². The van der Waals surface area contributed by atoms with Crippen LogP contribution < -0.4 is 0 Å². The van der Waals surface area contributed by atoms with Crippen molar-refractivity contribution in [2.45, 2.75) is 45.8 Å². The van der Waals surface area contributed by atoms with Crippen LogP contribution in [-0.4, -0.2) is 49.2 Å². The van der Waals surface area contributed by atoms with Gasteiger partial charge in [0.25, 0.3) is 5.91 Å². The van der Waals surface area contributed by atoms with Gasteiger partial charge >= 0.3 is 0 Å². The topological polar surface area (TPSA) is 71.3 Å². The smallest absolute Gasteiger partial charge is 0.255 e. The van der Waals surface area contributed by atoms with E-state index in [1.807, 2.05) is 29.1 Å². The van der Waals surface area contributed by atoms with E-state index in [0.29, 0.717) is 31.6 Å². The molecule has 0 atom stereocenters. The number of likely N-dealkylation sites (tertiary alicyclic amines) is 1. The van der Waals surface area contributed by atoms with Crippen LogP contribution in [0.3, 0.4) is 0 Å². The molecule has 2 aromatic heterocycles. The van der Waals surface area contributed by atoms with Crippen LogP contribution in [0.4, 0.5) is 0 Å². The van der Waals surface area contributed by atoms with E-state index in [2.05, 4.69) is 14.5 Å². The Balaban J connectivity index is 1.56. The molecule has 0 aromatic carbocycles. The average molecular weight is 353 g/mol. The minimum absolute atomic E-state index is 0.000881. The van der Waals surface area contributed by atoms with Crippen molar-refractivity contribution in [2.24, 2.45) is 0 Å². The second kappa shape index (κ2) is 6.90. The maximum atomic E-state index is 12.9. The maximum absolute atomic E-state index is 12.9. The number of aromatic nitrogens is 3. The molecule has 0 radical (unpaired) electrons. The number of imidazole rings is 1. The van der Waals surface area contributed by atoms with Crippen LogP contribution in [0.2, 0.25) is 0 Å². The molecule has 1 saturated heterocycles. The number of carbonyl (C=O) groups is 2. The van der Waals surface area contributed by atoms with Crippen molar-refractivity contribution >= 4 is 11.8 Å². The lowest BCUT2D eigenvalue weighted by atomic mass is 10.2. The van der Waals surface area contributed by atoms with Gasteiger partial charge in [0.1, 0.15) is 0 Å². The fourth-order valence-electron chi connectivity index (χ4n) is 3.73. The van der Waals surface area contributed by atoms with Crippen LogP contribution in [0.25, 0.3) is 0 Å². The largest absolute Gasteiger partial charge is 0.337 e. The number of aryl methyl sites for hydroxylation is 2. The van der Waals surface area contributed by atoms with E-state index in [1.165, 1.54) is 0 Å². The third kappa shape index (κ3) is 3.21. The summed E-state index contributed by atoms with van der Waals surface area (Å²) >= 11 is 0. The zero-order chi connectivity index (χ0) is 18.1. The number of nitrogens with zero attached hydrogens (tertiary/aromatic N) is 5. The van der Waals surface area contributed by atoms with Crippen molar-refractivity contribution in [1.82, 2.24) is 24.3 Å². The first kappa shape index (κ1) is 16.8. The predicted octanol–water partition coefficient (Wildman–Crippen LogP) is 1.76. The van der Waals surface area contributed by atoms with Crippen molar-refractivity contribution in [2.75, 3.05) is 13.1 Å². The molecule has 7 nitrogen and oxygen atoms in total. The minimum Gasteiger partial charge on any atom is -0.337 e. The van der Waals surface area contributed by atoms with Crippen molar-refractivity contribution in [3.63, 3.8) is 0 Å². The van der Waals surface area contributed by atoms with Gasteiger partial charge in [-0.25, -0.2) is 4.98 Å². The predicted molar refractivity (Wildman–Crippen MR) is 95.2 cm³/mol. The lowest BCUT2D eigenvalue weighted by Crippen LogP contribution is -2.32. The number of hydrogen-bond donors (Lipinski definition) is 0. The first-order valence-electron chi connectivity index (χ1n) is 9.13. The SMILES string of the molecule is Cc1cncc(C(=O)N2CCCn3cnc(CN4CCCC4=O)c3C2)c1. The molecule has 0 saturated carbocycles. The molecule has 0 spiro atoms. The highest BCUT2D eigenvalue weighted by molar-refractivity contribution is 5.94. The van der Waals surface area contributed by atoms with Gasteiger partial charge in [-0.2, -0.15) is 0 Å². The Morgan fingerprint density at radius 1 is 1.19 bits per heavy atom. The highest BCUT2D eigenvalue weighted by Gasteiger charge is 2.26. The van der Waals surface area contributed by atoms with Gasteiger partial charge < -0.3 is 14.4 Å². The van der Waals surface area contributed by atoms with Crippen LogP contribution in [0.5, 0.6) is 0 Å². The zero-order valence-corrected chi connectivity index (χ0v) is 15.0. The van der Waals surface area contributed by atoms with E-state index in [4.69, 9.17) is 0 Å². The monoisotopic (exact) mass is 353 g/mol. The summed E-state index contributed by atoms with van der Waals surface area (Å²) in [5.74, 6) is 0.193. The Morgan fingerprint density at radius 3 is 2.85 bits per heavy atom. The van der Waals surface area contributed by atoms with Gasteiger partial charge in [0.2, 0.25) is 5.91 Å². The lowest BCUT2D eigenvalue weighted by Gasteiger charge is -2.21. The standard InChI is InChI=1S/C19H23N5O2/c1-14-8-15(10-20-9-14)19(26)23-6-3-7-24-13-21-16(17(24)12-23)11-22-5-2-4-18(22)25/h8-10,13H,2-7,11-12H2,1H3. The molecule has 0 N–H and O–H groups in total. The number of amides is 2. The van der Waals surface area contributed by atoms with E-state index >= 15 is 0 Å². The minimum atomic E-state index is -0.000881. The molecule has 2 aromatic rings. The molecule has 4 heterocycles. The van der Waals surface area contributed by atoms with Crippen LogP contribution >= 0.6 is 0 Å². The normalized spacial score (nSPS) is 17.3. The number of fused-ring (bicyclic) bond motifs is 1. The van der Waals surface area contributed by atoms with Crippen LogP contribution in [-0.2, 0) is 24.4 Å². The average Bonchev–Trinajstić information content (AvgIpc) is 3.13. The number of hydrogen-bond acceptors (Lipinski definition) is 4.